The van der Waals surface area contributed by atoms with Crippen LogP contribution in [0.1, 0.15) is 72.5 Å². The van der Waals surface area contributed by atoms with E-state index in [9.17, 15) is 4.79 Å². The van der Waals surface area contributed by atoms with E-state index in [0.717, 1.165) is 45.9 Å². The maximum absolute atomic E-state index is 13.5. The summed E-state index contributed by atoms with van der Waals surface area (Å²) in [6.45, 7) is 8.98. The summed E-state index contributed by atoms with van der Waals surface area (Å²) in [6.07, 6.45) is 5.52. The van der Waals surface area contributed by atoms with E-state index in [0.29, 0.717) is 0 Å². The van der Waals surface area contributed by atoms with Crippen molar-refractivity contribution in [2.24, 2.45) is 0 Å². The van der Waals surface area contributed by atoms with Gasteiger partial charge in [0.25, 0.3) is 5.91 Å². The van der Waals surface area contributed by atoms with Gasteiger partial charge in [-0.15, -0.1) is 22.7 Å². The van der Waals surface area contributed by atoms with Gasteiger partial charge in [-0.05, 0) is 101 Å². The predicted octanol–water partition coefficient (Wildman–Crippen LogP) is 7.32. The van der Waals surface area contributed by atoms with Crippen LogP contribution >= 0.6 is 22.7 Å². The van der Waals surface area contributed by atoms with Crippen molar-refractivity contribution in [2.45, 2.75) is 70.9 Å². The number of carbonyl (C=O) groups is 1. The normalized spacial score (nSPS) is 18.2. The summed E-state index contributed by atoms with van der Waals surface area (Å²) < 4.78 is 1.17. The Balaban J connectivity index is 1.46. The minimum Gasteiger partial charge on any atom is -0.313 e. The number of carbonyl (C=O) groups excluding carboxylic acids is 1. The second-order valence-corrected chi connectivity index (χ2v) is 13.1. The topological polar surface area (TPSA) is 54.0 Å². The van der Waals surface area contributed by atoms with Crippen molar-refractivity contribution < 1.29 is 4.79 Å². The van der Waals surface area contributed by atoms with Crippen LogP contribution in [0, 0.1) is 0 Å². The van der Waals surface area contributed by atoms with Crippen LogP contribution in [-0.2, 0) is 24.8 Å². The van der Waals surface area contributed by atoms with Crippen LogP contribution in [0.15, 0.2) is 42.5 Å². The van der Waals surface area contributed by atoms with E-state index in [1.807, 2.05) is 12.1 Å². The van der Waals surface area contributed by atoms with Crippen molar-refractivity contribution in [2.75, 3.05) is 5.32 Å². The number of thiophene rings is 1. The lowest BCUT2D eigenvalue weighted by atomic mass is 9.81. The highest BCUT2D eigenvalue weighted by atomic mass is 32.1. The smallest absolute Gasteiger partial charge is 0.256 e. The van der Waals surface area contributed by atoms with Gasteiger partial charge in [-0.25, -0.2) is 4.98 Å². The molecule has 0 unspecified atom stereocenters. The molecule has 2 aliphatic rings. The van der Waals surface area contributed by atoms with Crippen LogP contribution in [0.4, 0.5) is 5.00 Å². The van der Waals surface area contributed by atoms with Crippen molar-refractivity contribution >= 4 is 43.8 Å². The molecule has 35 heavy (non-hydrogen) atoms. The SMILES string of the molecule is CC1(C)Cc2c(sc(NC(=O)c3ccc4c(c3)CCCC4)c2-c2nc3ccccc3s2)C(C)(C)N1. The third kappa shape index (κ3) is 4.11. The molecule has 2 N–H and O–H groups in total. The molecule has 0 bridgehead atoms. The Kier molecular flexibility index (Phi) is 5.40. The van der Waals surface area contributed by atoms with E-state index >= 15 is 0 Å². The number of hydrogen-bond acceptors (Lipinski definition) is 5. The number of aromatic nitrogens is 1. The van der Waals surface area contributed by atoms with Crippen molar-refractivity contribution in [3.63, 3.8) is 0 Å². The average molecular weight is 502 g/mol. The number of aryl methyl sites for hydroxylation is 2. The lowest BCUT2D eigenvalue weighted by Gasteiger charge is -2.42. The molecule has 4 nitrogen and oxygen atoms in total. The molecular formula is C29H31N3OS2. The van der Waals surface area contributed by atoms with Gasteiger partial charge in [0.2, 0.25) is 0 Å². The number of rotatable bonds is 3. The van der Waals surface area contributed by atoms with Gasteiger partial charge in [-0.2, -0.15) is 0 Å². The Morgan fingerprint density at radius 2 is 1.77 bits per heavy atom. The second kappa shape index (κ2) is 8.26. The first-order valence-corrected chi connectivity index (χ1v) is 14.1. The molecule has 1 aliphatic heterocycles. The summed E-state index contributed by atoms with van der Waals surface area (Å²) in [5.74, 6) is -0.0376. The van der Waals surface area contributed by atoms with Crippen molar-refractivity contribution in [1.29, 1.82) is 0 Å². The predicted molar refractivity (Wildman–Crippen MR) is 148 cm³/mol. The first kappa shape index (κ1) is 22.9. The lowest BCUT2D eigenvalue weighted by molar-refractivity contribution is 0.102. The summed E-state index contributed by atoms with van der Waals surface area (Å²) in [5, 5.41) is 9.01. The number of para-hydroxylation sites is 1. The van der Waals surface area contributed by atoms with Gasteiger partial charge in [0.15, 0.2) is 0 Å². The Morgan fingerprint density at radius 3 is 2.57 bits per heavy atom. The van der Waals surface area contributed by atoms with Crippen LogP contribution in [0.5, 0.6) is 0 Å². The van der Waals surface area contributed by atoms with Gasteiger partial charge >= 0.3 is 0 Å². The zero-order chi connectivity index (χ0) is 24.4. The van der Waals surface area contributed by atoms with E-state index in [2.05, 4.69) is 68.7 Å². The molecule has 4 aromatic rings. The molecule has 6 heteroatoms. The van der Waals surface area contributed by atoms with E-state index in [-0.39, 0.29) is 17.0 Å². The Labute approximate surface area is 214 Å². The van der Waals surface area contributed by atoms with E-state index in [1.54, 1.807) is 22.7 Å². The molecule has 1 aliphatic carbocycles. The minimum atomic E-state index is -0.192. The molecule has 2 aromatic heterocycles. The third-order valence-electron chi connectivity index (χ3n) is 7.19. The molecule has 0 saturated heterocycles. The molecule has 0 spiro atoms. The number of nitrogens with zero attached hydrogens (tertiary/aromatic N) is 1. The number of hydrogen-bond donors (Lipinski definition) is 2. The number of fused-ring (bicyclic) bond motifs is 3. The zero-order valence-electron chi connectivity index (χ0n) is 20.7. The molecule has 0 atom stereocenters. The first-order chi connectivity index (χ1) is 16.7. The number of thiazole rings is 1. The fourth-order valence-corrected chi connectivity index (χ4v) is 8.25. The maximum atomic E-state index is 13.5. The first-order valence-electron chi connectivity index (χ1n) is 12.4. The number of anilines is 1. The Morgan fingerprint density at radius 1 is 1.00 bits per heavy atom. The Bertz CT molecular complexity index is 1430. The second-order valence-electron chi connectivity index (χ2n) is 11.1. The van der Waals surface area contributed by atoms with Gasteiger partial charge in [-0.3, -0.25) is 4.79 Å². The van der Waals surface area contributed by atoms with Gasteiger partial charge < -0.3 is 10.6 Å². The molecule has 6 rings (SSSR count). The minimum absolute atomic E-state index is 0.0376. The van der Waals surface area contributed by atoms with Crippen LogP contribution in [-0.4, -0.2) is 16.4 Å². The number of benzene rings is 2. The van der Waals surface area contributed by atoms with Gasteiger partial charge in [0.05, 0.1) is 10.2 Å². The number of nitrogens with one attached hydrogen (secondary N) is 2. The summed E-state index contributed by atoms with van der Waals surface area (Å²) in [7, 11) is 0. The summed E-state index contributed by atoms with van der Waals surface area (Å²) >= 11 is 3.41. The van der Waals surface area contributed by atoms with E-state index in [4.69, 9.17) is 4.98 Å². The molecule has 2 aromatic carbocycles. The van der Waals surface area contributed by atoms with Crippen LogP contribution < -0.4 is 10.6 Å². The summed E-state index contributed by atoms with van der Waals surface area (Å²) in [6, 6.07) is 14.5. The lowest BCUT2D eigenvalue weighted by Crippen LogP contribution is -2.54. The standard InChI is InChI=1S/C29H31N3OS2/c1-28(2)16-20-23(26-30-21-11-7-8-12-22(21)34-26)27(35-24(20)29(3,4)32-28)31-25(33)19-14-13-17-9-5-6-10-18(17)15-19/h7-8,11-15,32H,5-6,9-10,16H2,1-4H3,(H,31,33). The molecule has 0 fully saturated rings. The van der Waals surface area contributed by atoms with Gasteiger partial charge in [0.1, 0.15) is 10.0 Å². The summed E-state index contributed by atoms with van der Waals surface area (Å²) in [4.78, 5) is 19.8. The highest BCUT2D eigenvalue weighted by Crippen LogP contribution is 2.50. The van der Waals surface area contributed by atoms with Gasteiger partial charge in [0, 0.05) is 27.1 Å². The largest absolute Gasteiger partial charge is 0.313 e. The van der Waals surface area contributed by atoms with E-state index in [1.165, 1.54) is 39.1 Å². The van der Waals surface area contributed by atoms with Crippen molar-refractivity contribution in [3.05, 3.63) is 69.6 Å². The van der Waals surface area contributed by atoms with Gasteiger partial charge in [-0.1, -0.05) is 18.2 Å². The monoisotopic (exact) mass is 501 g/mol. The fraction of sp³-hybridized carbons (Fsp3) is 0.379. The highest BCUT2D eigenvalue weighted by Gasteiger charge is 2.41. The fourth-order valence-electron chi connectivity index (χ4n) is 5.87. The van der Waals surface area contributed by atoms with Crippen molar-refractivity contribution in [3.8, 4) is 10.6 Å². The third-order valence-corrected chi connectivity index (χ3v) is 9.71. The molecule has 0 radical (unpaired) electrons. The maximum Gasteiger partial charge on any atom is 0.256 e. The highest BCUT2D eigenvalue weighted by molar-refractivity contribution is 7.23. The van der Waals surface area contributed by atoms with Crippen LogP contribution in [0.2, 0.25) is 0 Å². The zero-order valence-corrected chi connectivity index (χ0v) is 22.4. The molecule has 0 saturated carbocycles. The molecule has 180 valence electrons. The summed E-state index contributed by atoms with van der Waals surface area (Å²) in [5.41, 5.74) is 6.63. The quantitative estimate of drug-likeness (QED) is 0.309. The van der Waals surface area contributed by atoms with E-state index < -0.39 is 0 Å². The molecule has 1 amide bonds. The van der Waals surface area contributed by atoms with Crippen molar-refractivity contribution in [1.82, 2.24) is 10.3 Å². The number of amides is 1. The van der Waals surface area contributed by atoms with Crippen LogP contribution in [0.3, 0.4) is 0 Å². The van der Waals surface area contributed by atoms with Crippen LogP contribution in [0.25, 0.3) is 20.8 Å². The molecule has 3 heterocycles. The average Bonchev–Trinajstić information content (AvgIpc) is 3.38. The Hall–Kier alpha value is -2.54. The molecular weight excluding hydrogens is 470 g/mol.